The van der Waals surface area contributed by atoms with E-state index in [-0.39, 0.29) is 5.91 Å². The van der Waals surface area contributed by atoms with E-state index in [1.807, 2.05) is 19.1 Å². The first-order valence-electron chi connectivity index (χ1n) is 7.84. The van der Waals surface area contributed by atoms with E-state index in [0.29, 0.717) is 17.6 Å². The molecule has 2 rings (SSSR count). The van der Waals surface area contributed by atoms with Crippen molar-refractivity contribution in [3.05, 3.63) is 28.8 Å². The lowest BCUT2D eigenvalue weighted by Crippen LogP contribution is -2.36. The molecule has 1 fully saturated rings. The quantitative estimate of drug-likeness (QED) is 0.821. The van der Waals surface area contributed by atoms with Crippen LogP contribution in [-0.2, 0) is 4.79 Å². The molecule has 1 aromatic carbocycles. The van der Waals surface area contributed by atoms with Crippen LogP contribution in [0.15, 0.2) is 18.2 Å². The van der Waals surface area contributed by atoms with Gasteiger partial charge in [0.1, 0.15) is 0 Å². The second-order valence-electron chi connectivity index (χ2n) is 6.20. The number of rotatable bonds is 4. The van der Waals surface area contributed by atoms with Crippen molar-refractivity contribution in [1.82, 2.24) is 5.32 Å². The van der Waals surface area contributed by atoms with Crippen molar-refractivity contribution in [2.24, 2.45) is 5.92 Å². The summed E-state index contributed by atoms with van der Waals surface area (Å²) in [4.78, 5) is 12.1. The summed E-state index contributed by atoms with van der Waals surface area (Å²) in [5.74, 6) is 0.817. The van der Waals surface area contributed by atoms with E-state index in [9.17, 15) is 4.79 Å². The topological polar surface area (TPSA) is 41.1 Å². The van der Waals surface area contributed by atoms with Crippen LogP contribution in [0.3, 0.4) is 0 Å². The van der Waals surface area contributed by atoms with Crippen LogP contribution in [0.5, 0.6) is 0 Å². The third-order valence-corrected chi connectivity index (χ3v) is 4.52. The number of anilines is 1. The van der Waals surface area contributed by atoms with Gasteiger partial charge in [-0.15, -0.1) is 0 Å². The number of halogens is 1. The Morgan fingerprint density at radius 1 is 1.29 bits per heavy atom. The Balaban J connectivity index is 1.80. The van der Waals surface area contributed by atoms with Crippen molar-refractivity contribution >= 4 is 23.2 Å². The number of hydrogen-bond donors (Lipinski definition) is 2. The van der Waals surface area contributed by atoms with Crippen LogP contribution >= 0.6 is 11.6 Å². The normalized spacial score (nSPS) is 22.6. The van der Waals surface area contributed by atoms with Crippen LogP contribution < -0.4 is 10.6 Å². The maximum atomic E-state index is 12.1. The van der Waals surface area contributed by atoms with Crippen molar-refractivity contribution in [3.8, 4) is 0 Å². The lowest BCUT2D eigenvalue weighted by Gasteiger charge is -2.16. The predicted molar refractivity (Wildman–Crippen MR) is 88.9 cm³/mol. The Hall–Kier alpha value is -1.06. The number of nitrogens with one attached hydrogen (secondary N) is 2. The highest BCUT2D eigenvalue weighted by molar-refractivity contribution is 6.31. The SMILES string of the molecule is Cc1ccc(Cl)cc1NC(=O)CNC1CCCC(C)CC1. The summed E-state index contributed by atoms with van der Waals surface area (Å²) >= 11 is 5.96. The summed E-state index contributed by atoms with van der Waals surface area (Å²) in [5.41, 5.74) is 1.82. The molecule has 1 saturated carbocycles. The van der Waals surface area contributed by atoms with Crippen molar-refractivity contribution in [2.45, 2.75) is 52.0 Å². The van der Waals surface area contributed by atoms with Gasteiger partial charge >= 0.3 is 0 Å². The van der Waals surface area contributed by atoms with E-state index in [1.165, 1.54) is 32.1 Å². The first-order valence-corrected chi connectivity index (χ1v) is 8.22. The first kappa shape index (κ1) is 16.3. The molecule has 0 spiro atoms. The van der Waals surface area contributed by atoms with Crippen LogP contribution in [0.4, 0.5) is 5.69 Å². The fraction of sp³-hybridized carbons (Fsp3) is 0.588. The van der Waals surface area contributed by atoms with Crippen LogP contribution in [0.25, 0.3) is 0 Å². The van der Waals surface area contributed by atoms with E-state index in [1.54, 1.807) is 6.07 Å². The van der Waals surface area contributed by atoms with Gasteiger partial charge in [0, 0.05) is 16.8 Å². The molecule has 3 nitrogen and oxygen atoms in total. The van der Waals surface area contributed by atoms with E-state index in [0.717, 1.165) is 17.2 Å². The third-order valence-electron chi connectivity index (χ3n) is 4.28. The molecule has 1 amide bonds. The van der Waals surface area contributed by atoms with Gasteiger partial charge in [-0.25, -0.2) is 0 Å². The number of hydrogen-bond acceptors (Lipinski definition) is 2. The Labute approximate surface area is 132 Å². The van der Waals surface area contributed by atoms with Crippen LogP contribution in [0, 0.1) is 12.8 Å². The Morgan fingerprint density at radius 3 is 2.90 bits per heavy atom. The molecule has 0 bridgehead atoms. The molecule has 2 N–H and O–H groups in total. The zero-order valence-electron chi connectivity index (χ0n) is 12.9. The zero-order valence-corrected chi connectivity index (χ0v) is 13.7. The number of amides is 1. The fourth-order valence-corrected chi connectivity index (χ4v) is 3.02. The number of carbonyl (C=O) groups excluding carboxylic acids is 1. The molecule has 2 atom stereocenters. The lowest BCUT2D eigenvalue weighted by atomic mass is 10.0. The summed E-state index contributed by atoms with van der Waals surface area (Å²) in [6.45, 7) is 4.65. The van der Waals surface area contributed by atoms with Gasteiger partial charge in [0.25, 0.3) is 0 Å². The molecule has 1 aliphatic rings. The van der Waals surface area contributed by atoms with Crippen molar-refractivity contribution in [3.63, 3.8) is 0 Å². The molecule has 4 heteroatoms. The van der Waals surface area contributed by atoms with Crippen molar-refractivity contribution in [1.29, 1.82) is 0 Å². The minimum atomic E-state index is -0.00216. The molecule has 21 heavy (non-hydrogen) atoms. The number of aryl methyl sites for hydroxylation is 1. The Kier molecular flexibility index (Phi) is 6.07. The molecule has 1 aliphatic carbocycles. The smallest absolute Gasteiger partial charge is 0.238 e. The molecular formula is C17H25ClN2O. The molecule has 0 aromatic heterocycles. The molecule has 1 aromatic rings. The van der Waals surface area contributed by atoms with Crippen LogP contribution in [0.1, 0.15) is 44.6 Å². The summed E-state index contributed by atoms with van der Waals surface area (Å²) < 4.78 is 0. The van der Waals surface area contributed by atoms with Crippen LogP contribution in [-0.4, -0.2) is 18.5 Å². The van der Waals surface area contributed by atoms with Gasteiger partial charge in [-0.3, -0.25) is 4.79 Å². The molecule has 0 aliphatic heterocycles. The zero-order chi connectivity index (χ0) is 15.2. The van der Waals surface area contributed by atoms with Gasteiger partial charge in [-0.2, -0.15) is 0 Å². The van der Waals surface area contributed by atoms with Crippen molar-refractivity contribution in [2.75, 3.05) is 11.9 Å². The maximum Gasteiger partial charge on any atom is 0.238 e. The van der Waals surface area contributed by atoms with Gasteiger partial charge < -0.3 is 10.6 Å². The summed E-state index contributed by atoms with van der Waals surface area (Å²) in [7, 11) is 0. The highest BCUT2D eigenvalue weighted by Crippen LogP contribution is 2.23. The van der Waals surface area contributed by atoms with Gasteiger partial charge in [0.05, 0.1) is 6.54 Å². The second-order valence-corrected chi connectivity index (χ2v) is 6.64. The third kappa shape index (κ3) is 5.33. The minimum absolute atomic E-state index is 0.00216. The number of carbonyl (C=O) groups is 1. The average Bonchev–Trinajstić information content (AvgIpc) is 2.65. The molecule has 2 unspecified atom stereocenters. The second kappa shape index (κ2) is 7.81. The highest BCUT2D eigenvalue weighted by Gasteiger charge is 2.16. The molecular weight excluding hydrogens is 284 g/mol. The first-order chi connectivity index (χ1) is 10.0. The number of benzene rings is 1. The van der Waals surface area contributed by atoms with E-state index in [2.05, 4.69) is 17.6 Å². The standard InChI is InChI=1S/C17H25ClN2O/c1-12-4-3-5-15(9-6-12)19-11-17(21)20-16-10-14(18)8-7-13(16)2/h7-8,10,12,15,19H,3-6,9,11H2,1-2H3,(H,20,21). The maximum absolute atomic E-state index is 12.1. The van der Waals surface area contributed by atoms with E-state index >= 15 is 0 Å². The molecule has 0 heterocycles. The predicted octanol–water partition coefficient (Wildman–Crippen LogP) is 4.15. The highest BCUT2D eigenvalue weighted by atomic mass is 35.5. The van der Waals surface area contributed by atoms with Gasteiger partial charge in [-0.1, -0.05) is 37.4 Å². The van der Waals surface area contributed by atoms with Crippen LogP contribution in [0.2, 0.25) is 5.02 Å². The minimum Gasteiger partial charge on any atom is -0.325 e. The van der Waals surface area contributed by atoms with Gasteiger partial charge in [-0.05, 0) is 49.8 Å². The Bertz CT molecular complexity index is 490. The van der Waals surface area contributed by atoms with Crippen molar-refractivity contribution < 1.29 is 4.79 Å². The Morgan fingerprint density at radius 2 is 2.10 bits per heavy atom. The monoisotopic (exact) mass is 308 g/mol. The summed E-state index contributed by atoms with van der Waals surface area (Å²) in [6.07, 6.45) is 6.17. The summed E-state index contributed by atoms with van der Waals surface area (Å²) in [6, 6.07) is 6.01. The molecule has 0 saturated heterocycles. The fourth-order valence-electron chi connectivity index (χ4n) is 2.85. The molecule has 116 valence electrons. The van der Waals surface area contributed by atoms with E-state index in [4.69, 9.17) is 11.6 Å². The largest absolute Gasteiger partial charge is 0.325 e. The van der Waals surface area contributed by atoms with Gasteiger partial charge in [0.15, 0.2) is 0 Å². The lowest BCUT2D eigenvalue weighted by molar-refractivity contribution is -0.115. The average molecular weight is 309 g/mol. The van der Waals surface area contributed by atoms with E-state index < -0.39 is 0 Å². The molecule has 0 radical (unpaired) electrons. The summed E-state index contributed by atoms with van der Waals surface area (Å²) in [5, 5.41) is 6.96. The van der Waals surface area contributed by atoms with Gasteiger partial charge in [0.2, 0.25) is 5.91 Å².